The van der Waals surface area contributed by atoms with Gasteiger partial charge in [-0.3, -0.25) is 0 Å². The second kappa shape index (κ2) is 6.31. The topological polar surface area (TPSA) is 69.4 Å². The van der Waals surface area contributed by atoms with Crippen LogP contribution in [-0.4, -0.2) is 33.1 Å². The highest BCUT2D eigenvalue weighted by atomic mass is 32.2. The molecule has 1 aromatic rings. The largest absolute Gasteiger partial charge is 0.384 e. The highest BCUT2D eigenvalue weighted by Crippen LogP contribution is 2.20. The average molecular weight is 271 g/mol. The van der Waals surface area contributed by atoms with Gasteiger partial charge in [0.15, 0.2) is 9.84 Å². The Hall–Kier alpha value is -0.910. The normalized spacial score (nSPS) is 15.3. The van der Waals surface area contributed by atoms with E-state index >= 15 is 0 Å². The van der Waals surface area contributed by atoms with Gasteiger partial charge in [-0.1, -0.05) is 29.8 Å². The lowest BCUT2D eigenvalue weighted by atomic mass is 10.0. The minimum atomic E-state index is -3.23. The fourth-order valence-electron chi connectivity index (χ4n) is 1.67. The van der Waals surface area contributed by atoms with Gasteiger partial charge >= 0.3 is 0 Å². The van der Waals surface area contributed by atoms with Crippen molar-refractivity contribution in [2.24, 2.45) is 5.73 Å². The Labute approximate surface area is 109 Å². The number of hydrogen-bond donors (Lipinski definition) is 1. The zero-order valence-corrected chi connectivity index (χ0v) is 11.9. The van der Waals surface area contributed by atoms with Gasteiger partial charge in [0.05, 0.1) is 17.6 Å². The highest BCUT2D eigenvalue weighted by Gasteiger charge is 2.27. The quantitative estimate of drug-likeness (QED) is 0.850. The molecule has 0 heterocycles. The Bertz CT molecular complexity index is 468. The Morgan fingerprint density at radius 1 is 1.28 bits per heavy atom. The molecule has 5 heteroatoms. The minimum Gasteiger partial charge on any atom is -0.384 e. The molecule has 0 aromatic heterocycles. The second-order valence-electron chi connectivity index (χ2n) is 4.50. The van der Waals surface area contributed by atoms with Gasteiger partial charge in [0.25, 0.3) is 0 Å². The van der Waals surface area contributed by atoms with E-state index in [1.54, 1.807) is 6.92 Å². The molecule has 0 fully saturated rings. The number of sulfone groups is 1. The van der Waals surface area contributed by atoms with Crippen LogP contribution in [0, 0.1) is 6.92 Å². The van der Waals surface area contributed by atoms with Gasteiger partial charge in [-0.05, 0) is 19.4 Å². The fraction of sp³-hybridized carbons (Fsp3) is 0.538. The monoisotopic (exact) mass is 271 g/mol. The van der Waals surface area contributed by atoms with Crippen molar-refractivity contribution in [3.05, 3.63) is 35.4 Å². The Kier molecular flexibility index (Phi) is 5.31. The summed E-state index contributed by atoms with van der Waals surface area (Å²) in [6, 6.07) is 7.12. The molecule has 0 aliphatic carbocycles. The summed E-state index contributed by atoms with van der Waals surface area (Å²) >= 11 is 0. The molecule has 0 amide bonds. The summed E-state index contributed by atoms with van der Waals surface area (Å²) < 4.78 is 28.8. The summed E-state index contributed by atoms with van der Waals surface area (Å²) in [5.41, 5.74) is 7.99. The summed E-state index contributed by atoms with van der Waals surface area (Å²) in [6.07, 6.45) is 0. The Morgan fingerprint density at radius 3 is 2.33 bits per heavy atom. The average Bonchev–Trinajstić information content (AvgIpc) is 2.35. The predicted molar refractivity (Wildman–Crippen MR) is 73.2 cm³/mol. The summed E-state index contributed by atoms with van der Waals surface area (Å²) in [7, 11) is -1.74. The van der Waals surface area contributed by atoms with E-state index in [1.807, 2.05) is 31.2 Å². The van der Waals surface area contributed by atoms with Crippen LogP contribution in [0.1, 0.15) is 24.1 Å². The lowest BCUT2D eigenvalue weighted by Crippen LogP contribution is -2.33. The van der Waals surface area contributed by atoms with E-state index in [0.29, 0.717) is 0 Å². The molecule has 2 N–H and O–H groups in total. The molecular formula is C13H21NO3S. The van der Waals surface area contributed by atoms with E-state index in [9.17, 15) is 8.42 Å². The van der Waals surface area contributed by atoms with Crippen LogP contribution >= 0.6 is 0 Å². The first-order valence-electron chi connectivity index (χ1n) is 5.91. The SMILES string of the molecule is COCCS(=O)(=O)C(C)C(N)c1ccc(C)cc1. The minimum absolute atomic E-state index is 0.00419. The van der Waals surface area contributed by atoms with Crippen LogP contribution in [0.2, 0.25) is 0 Å². The smallest absolute Gasteiger partial charge is 0.157 e. The van der Waals surface area contributed by atoms with Gasteiger partial charge in [-0.15, -0.1) is 0 Å². The van der Waals surface area contributed by atoms with Gasteiger partial charge in [0, 0.05) is 13.2 Å². The van der Waals surface area contributed by atoms with Crippen molar-refractivity contribution in [2.45, 2.75) is 25.1 Å². The molecule has 0 aliphatic rings. The van der Waals surface area contributed by atoms with Crippen molar-refractivity contribution in [1.82, 2.24) is 0 Å². The third-order valence-electron chi connectivity index (χ3n) is 3.11. The van der Waals surface area contributed by atoms with Crippen LogP contribution in [0.3, 0.4) is 0 Å². The molecule has 1 rings (SSSR count). The lowest BCUT2D eigenvalue weighted by Gasteiger charge is -2.20. The first-order valence-corrected chi connectivity index (χ1v) is 7.62. The molecule has 18 heavy (non-hydrogen) atoms. The molecule has 1 aromatic carbocycles. The molecule has 0 radical (unpaired) electrons. The summed E-state index contributed by atoms with van der Waals surface area (Å²) in [5.74, 6) is 0.00419. The maximum Gasteiger partial charge on any atom is 0.157 e. The van der Waals surface area contributed by atoms with Crippen molar-refractivity contribution < 1.29 is 13.2 Å². The van der Waals surface area contributed by atoms with E-state index in [2.05, 4.69) is 0 Å². The van der Waals surface area contributed by atoms with Crippen molar-refractivity contribution >= 4 is 9.84 Å². The summed E-state index contributed by atoms with van der Waals surface area (Å²) in [4.78, 5) is 0. The zero-order valence-electron chi connectivity index (χ0n) is 11.1. The van der Waals surface area contributed by atoms with Crippen LogP contribution in [0.4, 0.5) is 0 Å². The second-order valence-corrected chi connectivity index (χ2v) is 6.98. The number of ether oxygens (including phenoxy) is 1. The molecule has 0 spiro atoms. The number of rotatable bonds is 6. The number of hydrogen-bond acceptors (Lipinski definition) is 4. The standard InChI is InChI=1S/C13H21NO3S/c1-10-4-6-12(7-5-10)13(14)11(2)18(15,16)9-8-17-3/h4-7,11,13H,8-9,14H2,1-3H3. The first kappa shape index (κ1) is 15.1. The van der Waals surface area contributed by atoms with Gasteiger partial charge in [0.1, 0.15) is 0 Å². The maximum absolute atomic E-state index is 12.0. The number of aryl methyl sites for hydroxylation is 1. The number of benzene rings is 1. The van der Waals surface area contributed by atoms with Crippen LogP contribution in [0.15, 0.2) is 24.3 Å². The van der Waals surface area contributed by atoms with E-state index < -0.39 is 21.1 Å². The zero-order chi connectivity index (χ0) is 13.8. The molecule has 0 bridgehead atoms. The van der Waals surface area contributed by atoms with Crippen LogP contribution < -0.4 is 5.73 Å². The van der Waals surface area contributed by atoms with Gasteiger partial charge < -0.3 is 10.5 Å². The van der Waals surface area contributed by atoms with Crippen molar-refractivity contribution in [3.63, 3.8) is 0 Å². The maximum atomic E-state index is 12.0. The third kappa shape index (κ3) is 3.80. The van der Waals surface area contributed by atoms with Crippen LogP contribution in [0.5, 0.6) is 0 Å². The van der Waals surface area contributed by atoms with Crippen molar-refractivity contribution in [2.75, 3.05) is 19.5 Å². The number of methoxy groups -OCH3 is 1. The highest BCUT2D eigenvalue weighted by molar-refractivity contribution is 7.92. The molecule has 0 saturated carbocycles. The van der Waals surface area contributed by atoms with E-state index in [0.717, 1.165) is 11.1 Å². The van der Waals surface area contributed by atoms with Crippen molar-refractivity contribution in [1.29, 1.82) is 0 Å². The lowest BCUT2D eigenvalue weighted by molar-refractivity contribution is 0.217. The van der Waals surface area contributed by atoms with E-state index in [4.69, 9.17) is 10.5 Å². The van der Waals surface area contributed by atoms with Crippen LogP contribution in [-0.2, 0) is 14.6 Å². The molecule has 0 saturated heterocycles. The molecular weight excluding hydrogens is 250 g/mol. The molecule has 2 atom stereocenters. The molecule has 2 unspecified atom stereocenters. The van der Waals surface area contributed by atoms with Crippen molar-refractivity contribution in [3.8, 4) is 0 Å². The van der Waals surface area contributed by atoms with Crippen LogP contribution in [0.25, 0.3) is 0 Å². The van der Waals surface area contributed by atoms with Gasteiger partial charge in [0.2, 0.25) is 0 Å². The molecule has 4 nitrogen and oxygen atoms in total. The Morgan fingerprint density at radius 2 is 1.83 bits per heavy atom. The van der Waals surface area contributed by atoms with Gasteiger partial charge in [-0.25, -0.2) is 8.42 Å². The Balaban J connectivity index is 2.83. The predicted octanol–water partition coefficient (Wildman–Crippen LogP) is 1.44. The number of nitrogens with two attached hydrogens (primary N) is 1. The van der Waals surface area contributed by atoms with E-state index in [-0.39, 0.29) is 12.4 Å². The van der Waals surface area contributed by atoms with Gasteiger partial charge in [-0.2, -0.15) is 0 Å². The fourth-order valence-corrected chi connectivity index (χ4v) is 3.04. The molecule has 102 valence electrons. The molecule has 0 aliphatic heterocycles. The summed E-state index contributed by atoms with van der Waals surface area (Å²) in [5, 5.41) is -0.615. The summed E-state index contributed by atoms with van der Waals surface area (Å²) in [6.45, 7) is 3.83. The van der Waals surface area contributed by atoms with E-state index in [1.165, 1.54) is 7.11 Å². The first-order chi connectivity index (χ1) is 8.38. The third-order valence-corrected chi connectivity index (χ3v) is 5.27.